The molecule has 1 saturated carbocycles. The molecule has 1 amide bonds. The molecule has 2 aliphatic heterocycles. The van der Waals surface area contributed by atoms with Crippen LogP contribution >= 0.6 is 0 Å². The number of benzene rings is 1. The van der Waals surface area contributed by atoms with Crippen LogP contribution in [0.5, 0.6) is 0 Å². The summed E-state index contributed by atoms with van der Waals surface area (Å²) in [7, 11) is 0. The second kappa shape index (κ2) is 6.65. The first kappa shape index (κ1) is 16.9. The monoisotopic (exact) mass is 350 g/mol. The van der Waals surface area contributed by atoms with Crippen molar-refractivity contribution >= 4 is 5.91 Å². The van der Waals surface area contributed by atoms with Gasteiger partial charge in [0.05, 0.1) is 6.10 Å². The SMILES string of the molecule is O=C(c1c(F)cccc1F)N1C[C@H]2C[C@@H](N3CCCC3)[C@H](O)C[C@H]2C1. The zero-order chi connectivity index (χ0) is 17.6. The number of nitrogens with zero attached hydrogens (tertiary/aromatic N) is 2. The van der Waals surface area contributed by atoms with Crippen molar-refractivity contribution in [1.29, 1.82) is 0 Å². The summed E-state index contributed by atoms with van der Waals surface area (Å²) >= 11 is 0. The number of halogens is 2. The number of rotatable bonds is 2. The standard InChI is InChI=1S/C19H24F2N2O2/c20-14-4-3-5-15(21)18(14)19(25)23-10-12-8-16(22-6-1-2-7-22)17(24)9-13(12)11-23/h3-5,12-13,16-17,24H,1-2,6-11H2/t12-,13+,16-,17-/m1/s1. The van der Waals surface area contributed by atoms with Gasteiger partial charge in [0.1, 0.15) is 17.2 Å². The maximum Gasteiger partial charge on any atom is 0.259 e. The first-order valence-corrected chi connectivity index (χ1v) is 9.20. The molecule has 25 heavy (non-hydrogen) atoms. The lowest BCUT2D eigenvalue weighted by Crippen LogP contribution is -2.48. The van der Waals surface area contributed by atoms with Gasteiger partial charge in [-0.1, -0.05) is 6.07 Å². The summed E-state index contributed by atoms with van der Waals surface area (Å²) in [5, 5.41) is 10.5. The lowest BCUT2D eigenvalue weighted by atomic mass is 9.77. The van der Waals surface area contributed by atoms with Crippen LogP contribution in [0.15, 0.2) is 18.2 Å². The van der Waals surface area contributed by atoms with Crippen LogP contribution in [0.4, 0.5) is 8.78 Å². The highest BCUT2D eigenvalue weighted by molar-refractivity contribution is 5.95. The Hall–Kier alpha value is -1.53. The minimum atomic E-state index is -0.810. The molecule has 1 aromatic rings. The minimum Gasteiger partial charge on any atom is -0.391 e. The van der Waals surface area contributed by atoms with E-state index in [4.69, 9.17) is 0 Å². The van der Waals surface area contributed by atoms with Gasteiger partial charge in [0, 0.05) is 19.1 Å². The van der Waals surface area contributed by atoms with E-state index >= 15 is 0 Å². The van der Waals surface area contributed by atoms with Crippen LogP contribution in [0, 0.1) is 23.5 Å². The molecule has 3 aliphatic rings. The molecule has 4 nitrogen and oxygen atoms in total. The summed E-state index contributed by atoms with van der Waals surface area (Å²) in [5.74, 6) is -1.68. The van der Waals surface area contributed by atoms with Crippen molar-refractivity contribution in [1.82, 2.24) is 9.80 Å². The Kier molecular flexibility index (Phi) is 4.50. The van der Waals surface area contributed by atoms with Gasteiger partial charge in [-0.3, -0.25) is 9.69 Å². The van der Waals surface area contributed by atoms with Crippen molar-refractivity contribution in [2.45, 2.75) is 37.8 Å². The van der Waals surface area contributed by atoms with E-state index in [1.807, 2.05) is 0 Å². The number of likely N-dealkylation sites (tertiary alicyclic amines) is 2. The molecule has 6 heteroatoms. The van der Waals surface area contributed by atoms with E-state index < -0.39 is 23.1 Å². The predicted molar refractivity (Wildman–Crippen MR) is 89.1 cm³/mol. The fourth-order valence-corrected chi connectivity index (χ4v) is 4.90. The maximum atomic E-state index is 13.9. The quantitative estimate of drug-likeness (QED) is 0.890. The molecule has 2 saturated heterocycles. The zero-order valence-electron chi connectivity index (χ0n) is 14.2. The number of hydrogen-bond donors (Lipinski definition) is 1. The number of aliphatic hydroxyl groups excluding tert-OH is 1. The fourth-order valence-electron chi connectivity index (χ4n) is 4.90. The maximum absolute atomic E-state index is 13.9. The van der Waals surface area contributed by atoms with Crippen molar-refractivity contribution in [2.75, 3.05) is 26.2 Å². The molecule has 0 unspecified atom stereocenters. The van der Waals surface area contributed by atoms with Crippen LogP contribution in [0.3, 0.4) is 0 Å². The van der Waals surface area contributed by atoms with Crippen molar-refractivity contribution < 1.29 is 18.7 Å². The largest absolute Gasteiger partial charge is 0.391 e. The number of amides is 1. The summed E-state index contributed by atoms with van der Waals surface area (Å²) in [5.41, 5.74) is -0.460. The van der Waals surface area contributed by atoms with Crippen LogP contribution in [-0.4, -0.2) is 59.1 Å². The Bertz CT molecular complexity index is 643. The highest BCUT2D eigenvalue weighted by Crippen LogP contribution is 2.39. The predicted octanol–water partition coefficient (Wildman–Crippen LogP) is 2.27. The highest BCUT2D eigenvalue weighted by Gasteiger charge is 2.45. The molecular formula is C19H24F2N2O2. The van der Waals surface area contributed by atoms with Gasteiger partial charge in [0.2, 0.25) is 0 Å². The van der Waals surface area contributed by atoms with Crippen molar-refractivity contribution in [3.63, 3.8) is 0 Å². The van der Waals surface area contributed by atoms with Gasteiger partial charge in [-0.25, -0.2) is 8.78 Å². The van der Waals surface area contributed by atoms with Crippen LogP contribution in [-0.2, 0) is 0 Å². The van der Waals surface area contributed by atoms with Crippen LogP contribution in [0.1, 0.15) is 36.0 Å². The first-order chi connectivity index (χ1) is 12.0. The number of aliphatic hydroxyl groups is 1. The van der Waals surface area contributed by atoms with Crippen LogP contribution < -0.4 is 0 Å². The summed E-state index contributed by atoms with van der Waals surface area (Å²) < 4.78 is 27.8. The van der Waals surface area contributed by atoms with Gasteiger partial charge >= 0.3 is 0 Å². The summed E-state index contributed by atoms with van der Waals surface area (Å²) in [4.78, 5) is 16.6. The second-order valence-electron chi connectivity index (χ2n) is 7.68. The average molecular weight is 350 g/mol. The third-order valence-electron chi connectivity index (χ3n) is 6.18. The van der Waals surface area contributed by atoms with Gasteiger partial charge in [0.25, 0.3) is 5.91 Å². The van der Waals surface area contributed by atoms with E-state index in [9.17, 15) is 18.7 Å². The Morgan fingerprint density at radius 2 is 1.64 bits per heavy atom. The van der Waals surface area contributed by atoms with Gasteiger partial charge in [-0.2, -0.15) is 0 Å². The molecule has 4 rings (SSSR count). The number of fused-ring (bicyclic) bond motifs is 1. The molecule has 1 N–H and O–H groups in total. The average Bonchev–Trinajstić information content (AvgIpc) is 3.22. The topological polar surface area (TPSA) is 43.8 Å². The summed E-state index contributed by atoms with van der Waals surface area (Å²) in [6, 6.07) is 3.66. The zero-order valence-corrected chi connectivity index (χ0v) is 14.2. The van der Waals surface area contributed by atoms with Crippen LogP contribution in [0.25, 0.3) is 0 Å². The molecule has 136 valence electrons. The van der Waals surface area contributed by atoms with E-state index in [1.54, 1.807) is 4.90 Å². The number of carbonyl (C=O) groups is 1. The fraction of sp³-hybridized carbons (Fsp3) is 0.632. The van der Waals surface area contributed by atoms with Crippen molar-refractivity contribution in [3.05, 3.63) is 35.4 Å². The van der Waals surface area contributed by atoms with Crippen molar-refractivity contribution in [3.8, 4) is 0 Å². The smallest absolute Gasteiger partial charge is 0.259 e. The van der Waals surface area contributed by atoms with E-state index in [0.717, 1.165) is 31.6 Å². The molecule has 0 aromatic heterocycles. The minimum absolute atomic E-state index is 0.156. The number of carbonyl (C=O) groups excluding carboxylic acids is 1. The molecule has 4 atom stereocenters. The van der Waals surface area contributed by atoms with E-state index in [-0.39, 0.29) is 18.1 Å². The van der Waals surface area contributed by atoms with E-state index in [2.05, 4.69) is 4.90 Å². The molecule has 3 fully saturated rings. The van der Waals surface area contributed by atoms with Gasteiger partial charge in [0.15, 0.2) is 0 Å². The van der Waals surface area contributed by atoms with Gasteiger partial charge in [-0.15, -0.1) is 0 Å². The van der Waals surface area contributed by atoms with Gasteiger partial charge < -0.3 is 10.0 Å². The summed E-state index contributed by atoms with van der Waals surface area (Å²) in [6.07, 6.45) is 3.49. The molecule has 0 radical (unpaired) electrons. The molecule has 0 bridgehead atoms. The highest BCUT2D eigenvalue weighted by atomic mass is 19.1. The third kappa shape index (κ3) is 3.06. The lowest BCUT2D eigenvalue weighted by molar-refractivity contribution is -0.000865. The van der Waals surface area contributed by atoms with E-state index in [0.29, 0.717) is 25.4 Å². The molecule has 2 heterocycles. The van der Waals surface area contributed by atoms with Crippen LogP contribution in [0.2, 0.25) is 0 Å². The lowest BCUT2D eigenvalue weighted by Gasteiger charge is -2.40. The Morgan fingerprint density at radius 3 is 2.28 bits per heavy atom. The molecule has 1 aromatic carbocycles. The van der Waals surface area contributed by atoms with E-state index in [1.165, 1.54) is 18.9 Å². The molecule has 1 aliphatic carbocycles. The number of hydrogen-bond acceptors (Lipinski definition) is 3. The normalized spacial score (nSPS) is 32.8. The first-order valence-electron chi connectivity index (χ1n) is 9.20. The third-order valence-corrected chi connectivity index (χ3v) is 6.18. The van der Waals surface area contributed by atoms with Gasteiger partial charge in [-0.05, 0) is 62.7 Å². The Labute approximate surface area is 146 Å². The summed E-state index contributed by atoms with van der Waals surface area (Å²) in [6.45, 7) is 3.06. The molecular weight excluding hydrogens is 326 g/mol. The molecule has 0 spiro atoms. The second-order valence-corrected chi connectivity index (χ2v) is 7.68. The van der Waals surface area contributed by atoms with Crippen molar-refractivity contribution in [2.24, 2.45) is 11.8 Å². The Balaban J connectivity index is 1.48. The Morgan fingerprint density at radius 1 is 1.04 bits per heavy atom.